The van der Waals surface area contributed by atoms with Crippen molar-refractivity contribution in [3.8, 4) is 0 Å². The van der Waals surface area contributed by atoms with Crippen molar-refractivity contribution in [3.05, 3.63) is 14.5 Å². The van der Waals surface area contributed by atoms with Crippen molar-refractivity contribution in [1.29, 1.82) is 0 Å². The van der Waals surface area contributed by atoms with Gasteiger partial charge in [0.2, 0.25) is 0 Å². The quantitative estimate of drug-likeness (QED) is 0.907. The van der Waals surface area contributed by atoms with Crippen LogP contribution in [-0.4, -0.2) is 28.6 Å². The molecular weight excluding hydrogens is 273 g/mol. The van der Waals surface area contributed by atoms with Gasteiger partial charge in [0.05, 0.1) is 11.5 Å². The molecule has 1 N–H and O–H groups in total. The lowest BCUT2D eigenvalue weighted by Crippen LogP contribution is -2.23. The molecule has 0 saturated carbocycles. The zero-order chi connectivity index (χ0) is 11.9. The average molecular weight is 284 g/mol. The van der Waals surface area contributed by atoms with Crippen LogP contribution >= 0.6 is 34.5 Å². The summed E-state index contributed by atoms with van der Waals surface area (Å²) < 4.78 is 11.6. The number of halogens is 2. The van der Waals surface area contributed by atoms with Gasteiger partial charge >= 0.3 is 0 Å². The first-order chi connectivity index (χ1) is 7.43. The first-order valence-corrected chi connectivity index (χ1v) is 6.28. The average Bonchev–Trinajstić information content (AvgIpc) is 2.65. The van der Waals surface area contributed by atoms with E-state index < -0.39 is 18.0 Å². The Labute approximate surface area is 107 Å². The smallest absolute Gasteiger partial charge is 0.185 e. The molecule has 1 aliphatic rings. The highest BCUT2D eigenvalue weighted by molar-refractivity contribution is 7.16. The van der Waals surface area contributed by atoms with Gasteiger partial charge in [-0.3, -0.25) is 0 Å². The minimum atomic E-state index is -0.738. The molecule has 7 heteroatoms. The fourth-order valence-electron chi connectivity index (χ4n) is 1.65. The minimum absolute atomic E-state index is 0.139. The summed E-state index contributed by atoms with van der Waals surface area (Å²) in [7, 11) is 0. The molecule has 2 rings (SSSR count). The molecule has 16 heavy (non-hydrogen) atoms. The van der Waals surface area contributed by atoms with Crippen molar-refractivity contribution >= 4 is 34.5 Å². The highest BCUT2D eigenvalue weighted by atomic mass is 35.5. The number of aliphatic hydroxyl groups is 1. The number of aromatic nitrogens is 1. The summed E-state index contributed by atoms with van der Waals surface area (Å²) in [4.78, 5) is 4.60. The van der Waals surface area contributed by atoms with E-state index in [1.165, 1.54) is 11.3 Å². The summed E-state index contributed by atoms with van der Waals surface area (Å²) in [6, 6.07) is 0. The van der Waals surface area contributed by atoms with Crippen LogP contribution in [0.15, 0.2) is 0 Å². The Balaban J connectivity index is 2.30. The van der Waals surface area contributed by atoms with Crippen LogP contribution < -0.4 is 0 Å². The van der Waals surface area contributed by atoms with E-state index in [0.29, 0.717) is 14.5 Å². The second-order valence-electron chi connectivity index (χ2n) is 3.90. The van der Waals surface area contributed by atoms with Gasteiger partial charge < -0.3 is 14.6 Å². The third kappa shape index (κ3) is 2.34. The maximum atomic E-state index is 9.23. The molecular formula is C9H11Cl2NO3S. The van der Waals surface area contributed by atoms with Crippen molar-refractivity contribution in [2.75, 3.05) is 6.61 Å². The van der Waals surface area contributed by atoms with Crippen LogP contribution in [0.5, 0.6) is 0 Å². The summed E-state index contributed by atoms with van der Waals surface area (Å²) in [5, 5.41) is 9.54. The first kappa shape index (κ1) is 12.5. The Kier molecular flexibility index (Phi) is 3.45. The highest BCUT2D eigenvalue weighted by Gasteiger charge is 2.43. The lowest BCUT2D eigenvalue weighted by atomic mass is 10.2. The van der Waals surface area contributed by atoms with Crippen LogP contribution in [0.2, 0.25) is 9.62 Å². The van der Waals surface area contributed by atoms with Crippen LogP contribution in [0.3, 0.4) is 0 Å². The molecule has 0 spiro atoms. The third-order valence-corrected chi connectivity index (χ3v) is 3.83. The molecule has 0 aromatic carbocycles. The van der Waals surface area contributed by atoms with Crippen LogP contribution in [0.4, 0.5) is 0 Å². The van der Waals surface area contributed by atoms with Gasteiger partial charge in [0, 0.05) is 0 Å². The summed E-state index contributed by atoms with van der Waals surface area (Å²) >= 11 is 12.9. The van der Waals surface area contributed by atoms with Crippen LogP contribution in [-0.2, 0) is 9.47 Å². The van der Waals surface area contributed by atoms with Crippen molar-refractivity contribution in [3.63, 3.8) is 0 Å². The monoisotopic (exact) mass is 283 g/mol. The Morgan fingerprint density at radius 1 is 1.44 bits per heavy atom. The number of hydrogen-bond acceptors (Lipinski definition) is 5. The van der Waals surface area contributed by atoms with E-state index in [9.17, 15) is 5.11 Å². The molecule has 2 atom stereocenters. The predicted molar refractivity (Wildman–Crippen MR) is 62.0 cm³/mol. The van der Waals surface area contributed by atoms with Crippen molar-refractivity contribution in [2.24, 2.45) is 0 Å². The molecule has 1 aromatic rings. The summed E-state index contributed by atoms with van der Waals surface area (Å²) in [5.41, 5.74) is 0. The maximum Gasteiger partial charge on any atom is 0.185 e. The van der Waals surface area contributed by atoms with E-state index in [1.807, 2.05) is 0 Å². The van der Waals surface area contributed by atoms with Gasteiger partial charge in [-0.05, 0) is 13.8 Å². The van der Waals surface area contributed by atoms with Gasteiger partial charge in [-0.15, -0.1) is 11.3 Å². The lowest BCUT2D eigenvalue weighted by molar-refractivity contribution is -0.149. The van der Waals surface area contributed by atoms with Gasteiger partial charge in [0.1, 0.15) is 17.4 Å². The van der Waals surface area contributed by atoms with Gasteiger partial charge in [0.25, 0.3) is 0 Å². The fourth-order valence-corrected chi connectivity index (χ4v) is 3.15. The largest absolute Gasteiger partial charge is 0.394 e. The SMILES string of the molecule is CC1(C)O[C@H](c2sc(Cl)nc2Cl)[C@@H](CO)O1. The van der Waals surface area contributed by atoms with E-state index in [-0.39, 0.29) is 6.61 Å². The van der Waals surface area contributed by atoms with Gasteiger partial charge in [0.15, 0.2) is 10.3 Å². The molecule has 1 aliphatic heterocycles. The Hall–Kier alpha value is 0.0900. The zero-order valence-corrected chi connectivity index (χ0v) is 11.1. The van der Waals surface area contributed by atoms with Gasteiger partial charge in [-0.25, -0.2) is 4.98 Å². The number of thiazole rings is 1. The molecule has 1 aromatic heterocycles. The molecule has 90 valence electrons. The number of hydrogen-bond donors (Lipinski definition) is 1. The maximum absolute atomic E-state index is 9.23. The topological polar surface area (TPSA) is 51.6 Å². The number of aliphatic hydroxyl groups excluding tert-OH is 1. The number of rotatable bonds is 2. The summed E-state index contributed by atoms with van der Waals surface area (Å²) in [5.74, 6) is -0.738. The molecule has 2 heterocycles. The van der Waals surface area contributed by atoms with E-state index >= 15 is 0 Å². The Morgan fingerprint density at radius 3 is 2.62 bits per heavy atom. The van der Waals surface area contributed by atoms with Crippen LogP contribution in [0.1, 0.15) is 24.8 Å². The van der Waals surface area contributed by atoms with E-state index in [0.717, 1.165) is 0 Å². The first-order valence-electron chi connectivity index (χ1n) is 4.71. The fraction of sp³-hybridized carbons (Fsp3) is 0.667. The molecule has 4 nitrogen and oxygen atoms in total. The van der Waals surface area contributed by atoms with Crippen molar-refractivity contribution < 1.29 is 14.6 Å². The number of nitrogens with zero attached hydrogens (tertiary/aromatic N) is 1. The standard InChI is InChI=1S/C9H11Cl2NO3S/c1-9(2)14-4(3-13)5(15-9)6-7(10)12-8(11)16-6/h4-5,13H,3H2,1-2H3/t4-,5+/m1/s1. The van der Waals surface area contributed by atoms with E-state index in [4.69, 9.17) is 32.7 Å². The second kappa shape index (κ2) is 4.40. The van der Waals surface area contributed by atoms with E-state index in [1.54, 1.807) is 13.8 Å². The highest BCUT2D eigenvalue weighted by Crippen LogP contribution is 2.43. The van der Waals surface area contributed by atoms with Crippen LogP contribution in [0, 0.1) is 0 Å². The van der Waals surface area contributed by atoms with E-state index in [2.05, 4.69) is 4.98 Å². The van der Waals surface area contributed by atoms with Crippen LogP contribution in [0.25, 0.3) is 0 Å². The molecule has 0 unspecified atom stereocenters. The molecule has 0 bridgehead atoms. The van der Waals surface area contributed by atoms with Crippen molar-refractivity contribution in [2.45, 2.75) is 31.8 Å². The summed E-state index contributed by atoms with van der Waals surface area (Å²) in [6.45, 7) is 3.43. The van der Waals surface area contributed by atoms with Gasteiger partial charge in [-0.1, -0.05) is 23.2 Å². The minimum Gasteiger partial charge on any atom is -0.394 e. The predicted octanol–water partition coefficient (Wildman–Crippen LogP) is 2.63. The van der Waals surface area contributed by atoms with Gasteiger partial charge in [-0.2, -0.15) is 0 Å². The molecule has 0 amide bonds. The zero-order valence-electron chi connectivity index (χ0n) is 8.74. The third-order valence-electron chi connectivity index (χ3n) is 2.21. The lowest BCUT2D eigenvalue weighted by Gasteiger charge is -2.16. The Bertz CT molecular complexity index is 396. The molecule has 1 fully saturated rings. The normalized spacial score (nSPS) is 28.6. The molecule has 0 aliphatic carbocycles. The molecule has 1 saturated heterocycles. The molecule has 0 radical (unpaired) electrons. The van der Waals surface area contributed by atoms with Crippen molar-refractivity contribution in [1.82, 2.24) is 4.98 Å². The summed E-state index contributed by atoms with van der Waals surface area (Å²) in [6.07, 6.45) is -0.860. The number of ether oxygens (including phenoxy) is 2. The second-order valence-corrected chi connectivity index (χ2v) is 5.87. The Morgan fingerprint density at radius 2 is 2.12 bits per heavy atom.